The van der Waals surface area contributed by atoms with Gasteiger partial charge in [0, 0.05) is 0 Å². The van der Waals surface area contributed by atoms with E-state index in [1.807, 2.05) is 0 Å². The molecule has 5 heteroatoms. The van der Waals surface area contributed by atoms with Crippen LogP contribution in [0.2, 0.25) is 0 Å². The van der Waals surface area contributed by atoms with Gasteiger partial charge in [-0.2, -0.15) is 4.39 Å². The molecule has 0 spiro atoms. The summed E-state index contributed by atoms with van der Waals surface area (Å²) >= 11 is 0. The Hall–Kier alpha value is -2.43. The Morgan fingerprint density at radius 2 is 2.11 bits per heavy atom. The lowest BCUT2D eigenvalue weighted by Crippen LogP contribution is -2.12. The van der Waals surface area contributed by atoms with Gasteiger partial charge in [0.1, 0.15) is 5.75 Å². The summed E-state index contributed by atoms with van der Waals surface area (Å²) in [7, 11) is 0. The van der Waals surface area contributed by atoms with Crippen molar-refractivity contribution in [3.05, 3.63) is 53.6 Å². The van der Waals surface area contributed by atoms with Crippen molar-refractivity contribution < 1.29 is 14.3 Å². The molecule has 2 aromatic rings. The van der Waals surface area contributed by atoms with Crippen LogP contribution in [0.3, 0.4) is 0 Å². The zero-order valence-corrected chi connectivity index (χ0v) is 9.64. The number of aryl methyl sites for hydroxylation is 1. The Morgan fingerprint density at radius 1 is 1.33 bits per heavy atom. The number of nitrogens with zero attached hydrogens (tertiary/aromatic N) is 1. The van der Waals surface area contributed by atoms with Gasteiger partial charge >= 0.3 is 0 Å². The van der Waals surface area contributed by atoms with Gasteiger partial charge in [0.2, 0.25) is 5.95 Å². The second-order valence-corrected chi connectivity index (χ2v) is 3.79. The van der Waals surface area contributed by atoms with Crippen LogP contribution in [-0.4, -0.2) is 16.0 Å². The lowest BCUT2D eigenvalue weighted by molar-refractivity contribution is 0.102. The summed E-state index contributed by atoms with van der Waals surface area (Å²) in [6.07, 6.45) is 1.21. The van der Waals surface area contributed by atoms with Gasteiger partial charge in [-0.1, -0.05) is 12.1 Å². The highest BCUT2D eigenvalue weighted by Gasteiger charge is 2.12. The van der Waals surface area contributed by atoms with Crippen molar-refractivity contribution in [1.29, 1.82) is 0 Å². The molecular weight excluding hydrogens is 235 g/mol. The number of nitrogens with one attached hydrogen (secondary N) is 1. The van der Waals surface area contributed by atoms with Gasteiger partial charge in [-0.3, -0.25) is 4.79 Å². The monoisotopic (exact) mass is 246 g/mol. The van der Waals surface area contributed by atoms with Gasteiger partial charge in [-0.15, -0.1) is 0 Å². The molecule has 2 rings (SSSR count). The first kappa shape index (κ1) is 12.0. The zero-order chi connectivity index (χ0) is 13.1. The summed E-state index contributed by atoms with van der Waals surface area (Å²) in [5, 5.41) is 12.3. The molecule has 0 aliphatic rings. The van der Waals surface area contributed by atoms with E-state index >= 15 is 0 Å². The second kappa shape index (κ2) is 4.83. The number of carbonyl (C=O) groups excluding carboxylic acids is 1. The number of benzene rings is 1. The van der Waals surface area contributed by atoms with Crippen molar-refractivity contribution in [2.45, 2.75) is 6.92 Å². The molecule has 4 nitrogen and oxygen atoms in total. The molecule has 1 aromatic carbocycles. The van der Waals surface area contributed by atoms with Gasteiger partial charge < -0.3 is 10.4 Å². The Kier molecular flexibility index (Phi) is 3.23. The molecule has 0 bridgehead atoms. The molecule has 1 aromatic heterocycles. The van der Waals surface area contributed by atoms with E-state index in [0.29, 0.717) is 11.3 Å². The van der Waals surface area contributed by atoms with E-state index in [0.717, 1.165) is 6.07 Å². The summed E-state index contributed by atoms with van der Waals surface area (Å²) < 4.78 is 12.6. The lowest BCUT2D eigenvalue weighted by Gasteiger charge is -2.07. The number of aromatic hydroxyl groups is 1. The van der Waals surface area contributed by atoms with Crippen LogP contribution in [0.25, 0.3) is 0 Å². The average molecular weight is 246 g/mol. The molecule has 0 radical (unpaired) electrons. The molecule has 0 aliphatic heterocycles. The van der Waals surface area contributed by atoms with E-state index in [2.05, 4.69) is 10.3 Å². The molecule has 0 aliphatic carbocycles. The fraction of sp³-hybridized carbons (Fsp3) is 0.0769. The van der Waals surface area contributed by atoms with E-state index in [-0.39, 0.29) is 11.3 Å². The maximum Gasteiger partial charge on any atom is 0.259 e. The number of phenolic OH excluding ortho intramolecular Hbond substituents is 1. The first-order chi connectivity index (χ1) is 8.58. The smallest absolute Gasteiger partial charge is 0.259 e. The van der Waals surface area contributed by atoms with Gasteiger partial charge in [0.25, 0.3) is 5.91 Å². The zero-order valence-electron chi connectivity index (χ0n) is 9.64. The van der Waals surface area contributed by atoms with Gasteiger partial charge in [0.05, 0.1) is 17.4 Å². The molecule has 0 atom stereocenters. The Labute approximate surface area is 103 Å². The number of phenols is 1. The van der Waals surface area contributed by atoms with Crippen molar-refractivity contribution >= 4 is 11.6 Å². The molecule has 0 saturated carbocycles. The third-order valence-corrected chi connectivity index (χ3v) is 2.47. The van der Waals surface area contributed by atoms with Gasteiger partial charge in [-0.25, -0.2) is 4.98 Å². The molecule has 0 fully saturated rings. The number of pyridine rings is 1. The lowest BCUT2D eigenvalue weighted by atomic mass is 10.1. The minimum Gasteiger partial charge on any atom is -0.507 e. The van der Waals surface area contributed by atoms with Gasteiger partial charge in [0.15, 0.2) is 0 Å². The quantitative estimate of drug-likeness (QED) is 0.800. The first-order valence-electron chi connectivity index (χ1n) is 5.29. The van der Waals surface area contributed by atoms with E-state index in [1.54, 1.807) is 19.1 Å². The standard InChI is InChI=1S/C13H11FN2O2/c1-8-3-2-4-10(12(8)17)13(18)16-9-5-6-11(14)15-7-9/h2-7,17H,1H3,(H,16,18). The summed E-state index contributed by atoms with van der Waals surface area (Å²) in [5.41, 5.74) is 1.14. The Morgan fingerprint density at radius 3 is 2.78 bits per heavy atom. The third-order valence-electron chi connectivity index (χ3n) is 2.47. The highest BCUT2D eigenvalue weighted by molar-refractivity contribution is 6.06. The number of hydrogen-bond donors (Lipinski definition) is 2. The number of amides is 1. The number of hydrogen-bond acceptors (Lipinski definition) is 3. The summed E-state index contributed by atoms with van der Waals surface area (Å²) in [6.45, 7) is 1.70. The molecule has 2 N–H and O–H groups in total. The summed E-state index contributed by atoms with van der Waals surface area (Å²) in [5.74, 6) is -1.15. The third kappa shape index (κ3) is 2.45. The fourth-order valence-electron chi connectivity index (χ4n) is 1.49. The fourth-order valence-corrected chi connectivity index (χ4v) is 1.49. The van der Waals surface area contributed by atoms with Crippen LogP contribution in [-0.2, 0) is 0 Å². The Bertz CT molecular complexity index is 582. The van der Waals surface area contributed by atoms with Crippen LogP contribution in [0.15, 0.2) is 36.5 Å². The van der Waals surface area contributed by atoms with E-state index < -0.39 is 11.9 Å². The summed E-state index contributed by atoms with van der Waals surface area (Å²) in [6, 6.07) is 7.42. The molecule has 1 heterocycles. The number of para-hydroxylation sites is 1. The van der Waals surface area contributed by atoms with E-state index in [9.17, 15) is 14.3 Å². The highest BCUT2D eigenvalue weighted by atomic mass is 19.1. The largest absolute Gasteiger partial charge is 0.507 e. The number of rotatable bonds is 2. The number of anilines is 1. The first-order valence-corrected chi connectivity index (χ1v) is 5.29. The number of aromatic nitrogens is 1. The van der Waals surface area contributed by atoms with Crippen LogP contribution >= 0.6 is 0 Å². The maximum absolute atomic E-state index is 12.6. The van der Waals surface area contributed by atoms with Crippen molar-refractivity contribution in [2.24, 2.45) is 0 Å². The molecule has 1 amide bonds. The molecule has 0 saturated heterocycles. The van der Waals surface area contributed by atoms with Crippen molar-refractivity contribution in [2.75, 3.05) is 5.32 Å². The van der Waals surface area contributed by atoms with Crippen molar-refractivity contribution in [3.63, 3.8) is 0 Å². The minimum atomic E-state index is -0.619. The summed E-state index contributed by atoms with van der Waals surface area (Å²) in [4.78, 5) is 15.3. The van der Waals surface area contributed by atoms with Crippen LogP contribution < -0.4 is 5.32 Å². The van der Waals surface area contributed by atoms with Crippen LogP contribution in [0.1, 0.15) is 15.9 Å². The highest BCUT2D eigenvalue weighted by Crippen LogP contribution is 2.22. The number of carbonyl (C=O) groups is 1. The predicted molar refractivity (Wildman–Crippen MR) is 65.0 cm³/mol. The molecular formula is C13H11FN2O2. The van der Waals surface area contributed by atoms with Crippen LogP contribution in [0.5, 0.6) is 5.75 Å². The maximum atomic E-state index is 12.6. The number of halogens is 1. The van der Waals surface area contributed by atoms with Crippen molar-refractivity contribution in [3.8, 4) is 5.75 Å². The molecule has 18 heavy (non-hydrogen) atoms. The van der Waals surface area contributed by atoms with E-state index in [1.165, 1.54) is 18.3 Å². The second-order valence-electron chi connectivity index (χ2n) is 3.79. The average Bonchev–Trinajstić information content (AvgIpc) is 2.35. The minimum absolute atomic E-state index is 0.0647. The SMILES string of the molecule is Cc1cccc(C(=O)Nc2ccc(F)nc2)c1O. The van der Waals surface area contributed by atoms with Crippen LogP contribution in [0.4, 0.5) is 10.1 Å². The molecule has 0 unspecified atom stereocenters. The molecule has 92 valence electrons. The normalized spacial score (nSPS) is 10.1. The predicted octanol–water partition coefficient (Wildman–Crippen LogP) is 2.49. The van der Waals surface area contributed by atoms with E-state index in [4.69, 9.17) is 0 Å². The topological polar surface area (TPSA) is 62.2 Å². The van der Waals surface area contributed by atoms with Crippen molar-refractivity contribution in [1.82, 2.24) is 4.98 Å². The van der Waals surface area contributed by atoms with Gasteiger partial charge in [-0.05, 0) is 30.7 Å². The Balaban J connectivity index is 2.22. The van der Waals surface area contributed by atoms with Crippen LogP contribution in [0, 0.1) is 12.9 Å².